The number of fused-ring (bicyclic) bond motifs is 1. The first-order valence-electron chi connectivity index (χ1n) is 11.8. The van der Waals surface area contributed by atoms with Crippen molar-refractivity contribution in [2.45, 2.75) is 44.4 Å². The summed E-state index contributed by atoms with van der Waals surface area (Å²) in [4.78, 5) is 21.9. The lowest BCUT2D eigenvalue weighted by Crippen LogP contribution is -2.45. The van der Waals surface area contributed by atoms with Gasteiger partial charge >= 0.3 is 0 Å². The Labute approximate surface area is 196 Å². The van der Waals surface area contributed by atoms with Gasteiger partial charge in [-0.15, -0.1) is 0 Å². The maximum absolute atomic E-state index is 13.3. The lowest BCUT2D eigenvalue weighted by atomic mass is 9.92. The number of piperazine rings is 1. The fraction of sp³-hybridized carbons (Fsp3) is 0.500. The third-order valence-electron chi connectivity index (χ3n) is 6.45. The van der Waals surface area contributed by atoms with Gasteiger partial charge in [0, 0.05) is 39.3 Å². The minimum Gasteiger partial charge on any atom is -0.353 e. The molecule has 8 nitrogen and oxygen atoms in total. The summed E-state index contributed by atoms with van der Waals surface area (Å²) < 4.78 is 28.9. The van der Waals surface area contributed by atoms with Gasteiger partial charge < -0.3 is 15.1 Å². The van der Waals surface area contributed by atoms with Gasteiger partial charge in [0.1, 0.15) is 5.82 Å². The highest BCUT2D eigenvalue weighted by atomic mass is 32.2. The molecule has 2 aliphatic rings. The van der Waals surface area contributed by atoms with Crippen LogP contribution in [-0.4, -0.2) is 63.5 Å². The number of hydrogen-bond acceptors (Lipinski definition) is 6. The quantitative estimate of drug-likeness (QED) is 0.645. The van der Waals surface area contributed by atoms with E-state index in [1.807, 2.05) is 19.9 Å². The van der Waals surface area contributed by atoms with Gasteiger partial charge in [0.2, 0.25) is 0 Å². The van der Waals surface area contributed by atoms with Gasteiger partial charge in [-0.2, -0.15) is 0 Å². The number of benzene rings is 1. The molecule has 178 valence electrons. The van der Waals surface area contributed by atoms with E-state index in [9.17, 15) is 13.2 Å². The molecule has 2 heterocycles. The van der Waals surface area contributed by atoms with Gasteiger partial charge in [0.15, 0.2) is 0 Å². The van der Waals surface area contributed by atoms with Gasteiger partial charge in [0.05, 0.1) is 22.3 Å². The second-order valence-electron chi connectivity index (χ2n) is 8.55. The van der Waals surface area contributed by atoms with E-state index >= 15 is 0 Å². The monoisotopic (exact) mass is 471 g/mol. The molecule has 2 N–H and O–H groups in total. The first-order valence-corrected chi connectivity index (χ1v) is 13.3. The van der Waals surface area contributed by atoms with Crippen molar-refractivity contribution in [3.05, 3.63) is 47.2 Å². The number of hydrogen-bond donors (Lipinski definition) is 2. The molecule has 1 aromatic carbocycles. The normalized spacial score (nSPS) is 16.2. The van der Waals surface area contributed by atoms with E-state index in [0.29, 0.717) is 30.2 Å². The van der Waals surface area contributed by atoms with Crippen LogP contribution in [-0.2, 0) is 22.9 Å². The fourth-order valence-electron chi connectivity index (χ4n) is 4.57. The number of carbonyl (C=O) groups is 1. The van der Waals surface area contributed by atoms with Crippen molar-refractivity contribution in [2.24, 2.45) is 0 Å². The maximum Gasteiger partial charge on any atom is 0.261 e. The second kappa shape index (κ2) is 10.1. The number of nitrogens with zero attached hydrogens (tertiary/aromatic N) is 3. The number of nitrogens with one attached hydrogen (secondary N) is 2. The number of pyridine rings is 1. The molecule has 2 aromatic rings. The molecular formula is C24H33N5O3S. The van der Waals surface area contributed by atoms with Crippen molar-refractivity contribution in [1.29, 1.82) is 0 Å². The Morgan fingerprint density at radius 1 is 1.09 bits per heavy atom. The molecule has 1 fully saturated rings. The van der Waals surface area contributed by atoms with Crippen LogP contribution < -0.4 is 14.9 Å². The largest absolute Gasteiger partial charge is 0.353 e. The van der Waals surface area contributed by atoms with Crippen molar-refractivity contribution < 1.29 is 13.2 Å². The Kier molecular flexibility index (Phi) is 7.19. The zero-order valence-electron chi connectivity index (χ0n) is 19.4. The van der Waals surface area contributed by atoms with E-state index < -0.39 is 10.0 Å². The molecule has 1 aliphatic carbocycles. The minimum atomic E-state index is -3.80. The van der Waals surface area contributed by atoms with Crippen molar-refractivity contribution in [1.82, 2.24) is 15.2 Å². The van der Waals surface area contributed by atoms with E-state index in [2.05, 4.69) is 19.9 Å². The van der Waals surface area contributed by atoms with E-state index in [1.165, 1.54) is 11.8 Å². The van der Waals surface area contributed by atoms with E-state index in [1.54, 1.807) is 23.1 Å². The Bertz CT molecular complexity index is 1110. The van der Waals surface area contributed by atoms with Crippen LogP contribution in [0, 0.1) is 0 Å². The first kappa shape index (κ1) is 23.5. The molecule has 0 unspecified atom stereocenters. The van der Waals surface area contributed by atoms with Crippen LogP contribution in [0.4, 0.5) is 11.5 Å². The van der Waals surface area contributed by atoms with E-state index in [0.717, 1.165) is 57.4 Å². The molecule has 0 radical (unpaired) electrons. The molecule has 1 amide bonds. The molecule has 33 heavy (non-hydrogen) atoms. The predicted molar refractivity (Wildman–Crippen MR) is 130 cm³/mol. The smallest absolute Gasteiger partial charge is 0.261 e. The number of aromatic nitrogens is 1. The Hall–Kier alpha value is -2.65. The summed E-state index contributed by atoms with van der Waals surface area (Å²) in [5, 5.41) is 3.30. The van der Waals surface area contributed by atoms with Gasteiger partial charge in [-0.05, 0) is 68.9 Å². The number of rotatable bonds is 7. The summed E-state index contributed by atoms with van der Waals surface area (Å²) in [5.41, 5.74) is 3.05. The zero-order chi connectivity index (χ0) is 23.4. The Balaban J connectivity index is 1.66. The molecular weight excluding hydrogens is 438 g/mol. The number of aryl methyl sites for hydroxylation is 2. The summed E-state index contributed by atoms with van der Waals surface area (Å²) >= 11 is 0. The summed E-state index contributed by atoms with van der Waals surface area (Å²) in [6, 6.07) is 6.99. The Morgan fingerprint density at radius 2 is 1.79 bits per heavy atom. The van der Waals surface area contributed by atoms with E-state index in [-0.39, 0.29) is 10.8 Å². The Morgan fingerprint density at radius 3 is 2.48 bits per heavy atom. The van der Waals surface area contributed by atoms with Crippen LogP contribution in [0.2, 0.25) is 0 Å². The maximum atomic E-state index is 13.3. The first-order chi connectivity index (χ1) is 15.9. The van der Waals surface area contributed by atoms with Crippen molar-refractivity contribution in [3.63, 3.8) is 0 Å². The fourth-order valence-corrected chi connectivity index (χ4v) is 5.66. The number of carbonyl (C=O) groups excluding carboxylic acids is 1. The van der Waals surface area contributed by atoms with Crippen LogP contribution >= 0.6 is 0 Å². The molecule has 9 heteroatoms. The third kappa shape index (κ3) is 5.14. The number of sulfonamides is 1. The van der Waals surface area contributed by atoms with Crippen LogP contribution in [0.3, 0.4) is 0 Å². The van der Waals surface area contributed by atoms with Crippen molar-refractivity contribution in [3.8, 4) is 0 Å². The number of anilines is 2. The summed E-state index contributed by atoms with van der Waals surface area (Å²) in [6.45, 7) is 8.12. The van der Waals surface area contributed by atoms with Crippen LogP contribution in [0.5, 0.6) is 0 Å². The molecule has 0 atom stereocenters. The molecule has 1 aromatic heterocycles. The lowest BCUT2D eigenvalue weighted by Gasteiger charge is -2.31. The molecule has 1 saturated heterocycles. The molecule has 0 spiro atoms. The highest BCUT2D eigenvalue weighted by molar-refractivity contribution is 7.92. The predicted octanol–water partition coefficient (Wildman–Crippen LogP) is 2.65. The molecule has 0 bridgehead atoms. The number of amides is 1. The average Bonchev–Trinajstić information content (AvgIpc) is 2.84. The summed E-state index contributed by atoms with van der Waals surface area (Å²) in [7, 11) is -3.80. The van der Waals surface area contributed by atoms with Gasteiger partial charge in [-0.1, -0.05) is 6.07 Å². The summed E-state index contributed by atoms with van der Waals surface area (Å²) in [5.74, 6) is 0.459. The highest BCUT2D eigenvalue weighted by Crippen LogP contribution is 2.27. The molecule has 4 rings (SSSR count). The summed E-state index contributed by atoms with van der Waals surface area (Å²) in [6.07, 6.45) is 5.63. The van der Waals surface area contributed by atoms with Gasteiger partial charge in [0.25, 0.3) is 15.9 Å². The van der Waals surface area contributed by atoms with Crippen molar-refractivity contribution in [2.75, 3.05) is 48.9 Å². The van der Waals surface area contributed by atoms with Gasteiger partial charge in [-0.25, -0.2) is 13.4 Å². The van der Waals surface area contributed by atoms with Crippen LogP contribution in [0.1, 0.15) is 48.2 Å². The second-order valence-corrected chi connectivity index (χ2v) is 10.2. The average molecular weight is 472 g/mol. The van der Waals surface area contributed by atoms with Crippen LogP contribution in [0.15, 0.2) is 35.4 Å². The highest BCUT2D eigenvalue weighted by Gasteiger charge is 2.25. The zero-order valence-corrected chi connectivity index (χ0v) is 20.2. The topological polar surface area (TPSA) is 94.6 Å². The van der Waals surface area contributed by atoms with Crippen LogP contribution in [0.25, 0.3) is 0 Å². The molecule has 0 saturated carbocycles. The standard InChI is InChI=1S/C24H33N5O3S/c1-3-28(4-2)24(30)22-16-20(17-26-23(22)29-13-11-25-12-14-29)27-33(31,32)21-10-9-18-7-5-6-8-19(18)15-21/h9-10,15-17,25,27H,3-8,11-14H2,1-2H3. The van der Waals surface area contributed by atoms with Gasteiger partial charge in [-0.3, -0.25) is 9.52 Å². The molecule has 1 aliphatic heterocycles. The van der Waals surface area contributed by atoms with Crippen molar-refractivity contribution >= 4 is 27.4 Å². The SMILES string of the molecule is CCN(CC)C(=O)c1cc(NS(=O)(=O)c2ccc3c(c2)CCCC3)cnc1N1CCNCC1. The minimum absolute atomic E-state index is 0.143. The lowest BCUT2D eigenvalue weighted by molar-refractivity contribution is 0.0773. The van der Waals surface area contributed by atoms with E-state index in [4.69, 9.17) is 0 Å². The third-order valence-corrected chi connectivity index (χ3v) is 7.83.